The molecule has 1 heterocycles. The summed E-state index contributed by atoms with van der Waals surface area (Å²) in [5.41, 5.74) is 5.72. The number of rotatable bonds is 8. The number of amides is 3. The molecule has 5 N–H and O–H groups in total. The van der Waals surface area contributed by atoms with Crippen molar-refractivity contribution in [3.63, 3.8) is 0 Å². The van der Waals surface area contributed by atoms with Gasteiger partial charge in [-0.25, -0.2) is 4.79 Å². The van der Waals surface area contributed by atoms with E-state index >= 15 is 0 Å². The Balaban J connectivity index is 1.56. The van der Waals surface area contributed by atoms with Gasteiger partial charge in [-0.2, -0.15) is 0 Å². The molecule has 0 bridgehead atoms. The molecule has 10 heteroatoms. The lowest BCUT2D eigenvalue weighted by Crippen LogP contribution is -2.56. The van der Waals surface area contributed by atoms with Gasteiger partial charge in [0.25, 0.3) is 0 Å². The van der Waals surface area contributed by atoms with E-state index in [4.69, 9.17) is 15.7 Å². The molecule has 1 saturated heterocycles. The van der Waals surface area contributed by atoms with Gasteiger partial charge in [-0.1, -0.05) is 18.0 Å². The summed E-state index contributed by atoms with van der Waals surface area (Å²) >= 11 is 0. The van der Waals surface area contributed by atoms with Crippen molar-refractivity contribution >= 4 is 23.7 Å². The van der Waals surface area contributed by atoms with Gasteiger partial charge < -0.3 is 31.2 Å². The van der Waals surface area contributed by atoms with Crippen LogP contribution in [0.1, 0.15) is 78.1 Å². The monoisotopic (exact) mass is 479 g/mol. The van der Waals surface area contributed by atoms with E-state index in [1.807, 2.05) is 0 Å². The SMILES string of the molecule is CC(C)OC(=O)N[C@@H](C(=O)N1CCC[C@H]1C(=O)NCC1CCC(C(N)=NO)CC1)C1CCCC1. The summed E-state index contributed by atoms with van der Waals surface area (Å²) in [5.74, 6) is 0.494. The van der Waals surface area contributed by atoms with E-state index in [1.165, 1.54) is 0 Å². The third kappa shape index (κ3) is 6.76. The minimum atomic E-state index is -0.656. The average molecular weight is 480 g/mol. The van der Waals surface area contributed by atoms with Crippen LogP contribution in [0.15, 0.2) is 5.16 Å². The second kappa shape index (κ2) is 12.3. The van der Waals surface area contributed by atoms with Gasteiger partial charge in [0, 0.05) is 19.0 Å². The molecule has 34 heavy (non-hydrogen) atoms. The van der Waals surface area contributed by atoms with Crippen molar-refractivity contribution in [1.29, 1.82) is 0 Å². The lowest BCUT2D eigenvalue weighted by atomic mass is 9.81. The second-order valence-corrected chi connectivity index (χ2v) is 10.3. The van der Waals surface area contributed by atoms with Gasteiger partial charge in [0.15, 0.2) is 0 Å². The van der Waals surface area contributed by atoms with Gasteiger partial charge in [0.05, 0.1) is 6.10 Å². The van der Waals surface area contributed by atoms with Crippen LogP contribution in [0.2, 0.25) is 0 Å². The Morgan fingerprint density at radius 3 is 2.35 bits per heavy atom. The molecule has 3 fully saturated rings. The highest BCUT2D eigenvalue weighted by atomic mass is 16.6. The molecular weight excluding hydrogens is 438 g/mol. The number of likely N-dealkylation sites (tertiary alicyclic amines) is 1. The quantitative estimate of drug-likeness (QED) is 0.182. The molecule has 10 nitrogen and oxygen atoms in total. The van der Waals surface area contributed by atoms with Gasteiger partial charge in [-0.05, 0) is 77.0 Å². The van der Waals surface area contributed by atoms with Crippen molar-refractivity contribution in [3.05, 3.63) is 0 Å². The number of hydrogen-bond donors (Lipinski definition) is 4. The number of ether oxygens (including phenoxy) is 1. The first-order valence-electron chi connectivity index (χ1n) is 12.8. The maximum atomic E-state index is 13.5. The molecule has 192 valence electrons. The fourth-order valence-electron chi connectivity index (χ4n) is 5.64. The molecule has 0 unspecified atom stereocenters. The van der Waals surface area contributed by atoms with Crippen LogP contribution in [0.5, 0.6) is 0 Å². The number of hydrogen-bond acceptors (Lipinski definition) is 6. The van der Waals surface area contributed by atoms with E-state index in [0.29, 0.717) is 25.4 Å². The summed E-state index contributed by atoms with van der Waals surface area (Å²) in [6.45, 7) is 4.63. The van der Waals surface area contributed by atoms with Crippen LogP contribution in [-0.2, 0) is 14.3 Å². The van der Waals surface area contributed by atoms with Crippen molar-refractivity contribution in [2.45, 2.75) is 96.2 Å². The Labute approximate surface area is 202 Å². The molecule has 2 atom stereocenters. The van der Waals surface area contributed by atoms with E-state index < -0.39 is 18.2 Å². The van der Waals surface area contributed by atoms with Crippen molar-refractivity contribution in [3.8, 4) is 0 Å². The average Bonchev–Trinajstić information content (AvgIpc) is 3.52. The highest BCUT2D eigenvalue weighted by Gasteiger charge is 2.41. The normalized spacial score (nSPS) is 27.0. The number of nitrogens with zero attached hydrogens (tertiary/aromatic N) is 2. The maximum Gasteiger partial charge on any atom is 0.408 e. The zero-order valence-corrected chi connectivity index (χ0v) is 20.5. The number of carbonyl (C=O) groups excluding carboxylic acids is 3. The smallest absolute Gasteiger partial charge is 0.408 e. The topological polar surface area (TPSA) is 146 Å². The number of amidine groups is 1. The summed E-state index contributed by atoms with van der Waals surface area (Å²) < 4.78 is 5.23. The lowest BCUT2D eigenvalue weighted by Gasteiger charge is -2.32. The first-order chi connectivity index (χ1) is 16.3. The molecule has 2 aliphatic carbocycles. The molecule has 2 saturated carbocycles. The summed E-state index contributed by atoms with van der Waals surface area (Å²) in [5, 5.41) is 17.8. The molecule has 3 aliphatic rings. The Hall–Kier alpha value is -2.52. The van der Waals surface area contributed by atoms with Gasteiger partial charge in [0.2, 0.25) is 11.8 Å². The van der Waals surface area contributed by atoms with E-state index in [9.17, 15) is 14.4 Å². The second-order valence-electron chi connectivity index (χ2n) is 10.3. The van der Waals surface area contributed by atoms with Gasteiger partial charge in [-0.3, -0.25) is 9.59 Å². The van der Waals surface area contributed by atoms with Gasteiger partial charge in [-0.15, -0.1) is 0 Å². The van der Waals surface area contributed by atoms with Crippen LogP contribution < -0.4 is 16.4 Å². The van der Waals surface area contributed by atoms with Crippen LogP contribution in [-0.4, -0.2) is 65.1 Å². The summed E-state index contributed by atoms with van der Waals surface area (Å²) in [4.78, 5) is 40.5. The van der Waals surface area contributed by atoms with Crippen molar-refractivity contribution in [2.24, 2.45) is 28.6 Å². The van der Waals surface area contributed by atoms with Crippen LogP contribution in [0.4, 0.5) is 4.79 Å². The molecule has 0 aromatic heterocycles. The zero-order valence-electron chi connectivity index (χ0n) is 20.5. The molecule has 0 aromatic rings. The van der Waals surface area contributed by atoms with Crippen molar-refractivity contribution in [1.82, 2.24) is 15.5 Å². The third-order valence-corrected chi connectivity index (χ3v) is 7.54. The predicted octanol–water partition coefficient (Wildman–Crippen LogP) is 2.34. The number of nitrogens with one attached hydrogen (secondary N) is 2. The molecule has 0 radical (unpaired) electrons. The fourth-order valence-corrected chi connectivity index (χ4v) is 5.64. The summed E-state index contributed by atoms with van der Waals surface area (Å²) in [6.07, 6.45) is 7.88. The molecule has 1 aliphatic heterocycles. The summed E-state index contributed by atoms with van der Waals surface area (Å²) in [7, 11) is 0. The molecule has 0 spiro atoms. The van der Waals surface area contributed by atoms with E-state index in [1.54, 1.807) is 18.7 Å². The summed E-state index contributed by atoms with van der Waals surface area (Å²) in [6, 6.07) is -1.16. The van der Waals surface area contributed by atoms with E-state index in [2.05, 4.69) is 15.8 Å². The third-order valence-electron chi connectivity index (χ3n) is 7.54. The highest BCUT2D eigenvalue weighted by Crippen LogP contribution is 2.31. The van der Waals surface area contributed by atoms with Gasteiger partial charge in [0.1, 0.15) is 17.9 Å². The minimum absolute atomic E-state index is 0.0709. The number of nitrogens with two attached hydrogens (primary N) is 1. The number of oxime groups is 1. The molecule has 3 rings (SSSR count). The Bertz CT molecular complexity index is 744. The van der Waals surface area contributed by atoms with Crippen LogP contribution in [0.25, 0.3) is 0 Å². The minimum Gasteiger partial charge on any atom is -0.447 e. The van der Waals surface area contributed by atoms with Crippen LogP contribution >= 0.6 is 0 Å². The Kier molecular flexibility index (Phi) is 9.41. The van der Waals surface area contributed by atoms with Crippen molar-refractivity contribution in [2.75, 3.05) is 13.1 Å². The van der Waals surface area contributed by atoms with Crippen LogP contribution in [0.3, 0.4) is 0 Å². The van der Waals surface area contributed by atoms with Crippen molar-refractivity contribution < 1.29 is 24.3 Å². The number of alkyl carbamates (subject to hydrolysis) is 1. The van der Waals surface area contributed by atoms with Gasteiger partial charge >= 0.3 is 6.09 Å². The first kappa shape index (κ1) is 26.1. The predicted molar refractivity (Wildman–Crippen MR) is 127 cm³/mol. The molecular formula is C24H41N5O5. The van der Waals surface area contributed by atoms with E-state index in [-0.39, 0.29) is 35.6 Å². The lowest BCUT2D eigenvalue weighted by molar-refractivity contribution is -0.141. The molecule has 0 aromatic carbocycles. The Morgan fingerprint density at radius 2 is 1.74 bits per heavy atom. The highest BCUT2D eigenvalue weighted by molar-refractivity contribution is 5.92. The number of carbonyl (C=O) groups is 3. The standard InChI is InChI=1S/C24H41N5O5/c1-15(2)34-24(32)27-20(17-6-3-4-7-17)23(31)29-13-5-8-19(29)22(30)26-14-16-9-11-18(12-10-16)21(25)28-33/h15-20,33H,3-14H2,1-2H3,(H2,25,28)(H,26,30)(H,27,32)/t16?,18?,19-,20+/m0/s1. The fraction of sp³-hybridized carbons (Fsp3) is 0.833. The molecule has 3 amide bonds. The first-order valence-corrected chi connectivity index (χ1v) is 12.8. The van der Waals surface area contributed by atoms with E-state index in [0.717, 1.165) is 57.8 Å². The Morgan fingerprint density at radius 1 is 1.06 bits per heavy atom. The largest absolute Gasteiger partial charge is 0.447 e. The zero-order chi connectivity index (χ0) is 24.7. The maximum absolute atomic E-state index is 13.5. The van der Waals surface area contributed by atoms with Crippen LogP contribution in [0, 0.1) is 17.8 Å².